The number of H-pyrrole nitrogens is 1. The van der Waals surface area contributed by atoms with Gasteiger partial charge in [0.25, 0.3) is 0 Å². The maximum atomic E-state index is 5.16. The SMILES string of the molecule is S=c1[nH]n(-c2ccc(Br)cc2)c(=S)s1. The minimum atomic E-state index is 0.693. The van der Waals surface area contributed by atoms with Crippen molar-refractivity contribution in [1.82, 2.24) is 9.78 Å². The van der Waals surface area contributed by atoms with Crippen LogP contribution in [0.2, 0.25) is 0 Å². The molecule has 0 fully saturated rings. The van der Waals surface area contributed by atoms with E-state index in [1.165, 1.54) is 11.3 Å². The van der Waals surface area contributed by atoms with Gasteiger partial charge in [-0.3, -0.25) is 5.10 Å². The zero-order valence-electron chi connectivity index (χ0n) is 6.86. The third-order valence-corrected chi connectivity index (χ3v) is 3.59. The Bertz CT molecular complexity index is 549. The first-order chi connectivity index (χ1) is 6.66. The minimum Gasteiger partial charge on any atom is -0.273 e. The molecule has 0 unspecified atom stereocenters. The van der Waals surface area contributed by atoms with Crippen LogP contribution in [-0.4, -0.2) is 9.78 Å². The van der Waals surface area contributed by atoms with Crippen LogP contribution in [0.4, 0.5) is 0 Å². The van der Waals surface area contributed by atoms with Gasteiger partial charge in [-0.25, -0.2) is 4.68 Å². The number of hydrogen-bond donors (Lipinski definition) is 1. The Labute approximate surface area is 103 Å². The van der Waals surface area contributed by atoms with Crippen molar-refractivity contribution in [2.24, 2.45) is 0 Å². The Morgan fingerprint density at radius 2 is 1.86 bits per heavy atom. The number of aromatic amines is 1. The van der Waals surface area contributed by atoms with Gasteiger partial charge in [-0.15, -0.1) is 0 Å². The highest BCUT2D eigenvalue weighted by Gasteiger charge is 1.98. The topological polar surface area (TPSA) is 20.7 Å². The van der Waals surface area contributed by atoms with Gasteiger partial charge in [0.05, 0.1) is 5.69 Å². The molecule has 0 aliphatic rings. The molecule has 0 saturated heterocycles. The van der Waals surface area contributed by atoms with Crippen LogP contribution in [0.25, 0.3) is 5.69 Å². The van der Waals surface area contributed by atoms with Crippen LogP contribution in [-0.2, 0) is 0 Å². The molecule has 1 aromatic heterocycles. The Balaban J connectivity index is 2.60. The second-order valence-corrected chi connectivity index (χ2v) is 5.81. The van der Waals surface area contributed by atoms with Crippen LogP contribution >= 0.6 is 51.7 Å². The zero-order valence-corrected chi connectivity index (χ0v) is 10.9. The summed E-state index contributed by atoms with van der Waals surface area (Å²) in [5, 5.41) is 3.01. The highest BCUT2D eigenvalue weighted by atomic mass is 79.9. The van der Waals surface area contributed by atoms with Crippen LogP contribution < -0.4 is 0 Å². The molecule has 6 heteroatoms. The van der Waals surface area contributed by atoms with Gasteiger partial charge in [-0.1, -0.05) is 27.3 Å². The van der Waals surface area contributed by atoms with E-state index in [9.17, 15) is 0 Å². The van der Waals surface area contributed by atoms with Crippen molar-refractivity contribution in [2.45, 2.75) is 0 Å². The molecule has 0 aliphatic carbocycles. The van der Waals surface area contributed by atoms with E-state index in [0.717, 1.165) is 14.1 Å². The van der Waals surface area contributed by atoms with Crippen molar-refractivity contribution < 1.29 is 0 Å². The fourth-order valence-corrected chi connectivity index (χ4v) is 2.73. The fourth-order valence-electron chi connectivity index (χ4n) is 1.04. The van der Waals surface area contributed by atoms with Gasteiger partial charge in [-0.05, 0) is 48.7 Å². The molecule has 0 atom stereocenters. The molecule has 14 heavy (non-hydrogen) atoms. The summed E-state index contributed by atoms with van der Waals surface area (Å²) in [5.74, 6) is 0. The van der Waals surface area contributed by atoms with E-state index in [1.807, 2.05) is 24.3 Å². The number of hydrogen-bond acceptors (Lipinski definition) is 3. The monoisotopic (exact) mass is 304 g/mol. The standard InChI is InChI=1S/C8H5BrN2S3/c9-5-1-3-6(4-2-5)11-8(13)14-7(12)10-11/h1-4H,(H,10,12). The lowest BCUT2D eigenvalue weighted by molar-refractivity contribution is 0.864. The normalized spacial score (nSPS) is 10.4. The first kappa shape index (κ1) is 10.2. The lowest BCUT2D eigenvalue weighted by Gasteiger charge is -2.00. The van der Waals surface area contributed by atoms with E-state index < -0.39 is 0 Å². The molecule has 0 bridgehead atoms. The van der Waals surface area contributed by atoms with Gasteiger partial charge in [0, 0.05) is 4.47 Å². The van der Waals surface area contributed by atoms with Crippen molar-refractivity contribution in [1.29, 1.82) is 0 Å². The second kappa shape index (κ2) is 4.06. The predicted octanol–water partition coefficient (Wildman–Crippen LogP) is 4.09. The summed E-state index contributed by atoms with van der Waals surface area (Å²) in [7, 11) is 0. The Kier molecular flexibility index (Phi) is 2.96. The van der Waals surface area contributed by atoms with E-state index in [-0.39, 0.29) is 0 Å². The zero-order chi connectivity index (χ0) is 10.1. The lowest BCUT2D eigenvalue weighted by atomic mass is 10.3. The Morgan fingerprint density at radius 3 is 2.36 bits per heavy atom. The van der Waals surface area contributed by atoms with E-state index in [4.69, 9.17) is 24.4 Å². The average Bonchev–Trinajstić information content (AvgIpc) is 2.47. The van der Waals surface area contributed by atoms with Crippen molar-refractivity contribution in [3.63, 3.8) is 0 Å². The molecule has 2 rings (SSSR count). The predicted molar refractivity (Wildman–Crippen MR) is 67.4 cm³/mol. The summed E-state index contributed by atoms with van der Waals surface area (Å²) >= 11 is 14.9. The van der Waals surface area contributed by atoms with Crippen molar-refractivity contribution in [3.05, 3.63) is 36.6 Å². The fraction of sp³-hybridized carbons (Fsp3) is 0. The first-order valence-electron chi connectivity index (χ1n) is 3.75. The summed E-state index contributed by atoms with van der Waals surface area (Å²) in [6.45, 7) is 0. The highest BCUT2D eigenvalue weighted by Crippen LogP contribution is 2.15. The van der Waals surface area contributed by atoms with Crippen LogP contribution in [0.3, 0.4) is 0 Å². The minimum absolute atomic E-state index is 0.693. The third-order valence-electron chi connectivity index (χ3n) is 1.65. The van der Waals surface area contributed by atoms with Crippen LogP contribution in [0.5, 0.6) is 0 Å². The molecule has 1 heterocycles. The van der Waals surface area contributed by atoms with Gasteiger partial charge in [0.15, 0.2) is 7.91 Å². The van der Waals surface area contributed by atoms with Crippen LogP contribution in [0.15, 0.2) is 28.7 Å². The van der Waals surface area contributed by atoms with E-state index in [0.29, 0.717) is 3.95 Å². The second-order valence-electron chi connectivity index (χ2n) is 2.58. The molecule has 2 nitrogen and oxygen atoms in total. The summed E-state index contributed by atoms with van der Waals surface area (Å²) in [6, 6.07) is 7.87. The number of halogens is 1. The van der Waals surface area contributed by atoms with Crippen LogP contribution in [0.1, 0.15) is 0 Å². The molecule has 0 aliphatic heterocycles. The quantitative estimate of drug-likeness (QED) is 0.801. The van der Waals surface area contributed by atoms with Crippen LogP contribution in [0, 0.1) is 7.91 Å². The lowest BCUT2D eigenvalue weighted by Crippen LogP contribution is -1.94. The molecule has 0 spiro atoms. The average molecular weight is 305 g/mol. The molecule has 0 radical (unpaired) electrons. The largest absolute Gasteiger partial charge is 0.273 e. The summed E-state index contributed by atoms with van der Waals surface area (Å²) in [6.07, 6.45) is 0. The number of aromatic nitrogens is 2. The van der Waals surface area contributed by atoms with E-state index in [2.05, 4.69) is 21.0 Å². The van der Waals surface area contributed by atoms with Crippen molar-refractivity contribution in [2.75, 3.05) is 0 Å². The molecule has 0 saturated carbocycles. The van der Waals surface area contributed by atoms with Gasteiger partial charge >= 0.3 is 0 Å². The Hall–Kier alpha value is -0.300. The Morgan fingerprint density at radius 1 is 1.21 bits per heavy atom. The third kappa shape index (κ3) is 2.03. The van der Waals surface area contributed by atoms with Crippen molar-refractivity contribution >= 4 is 51.7 Å². The molecule has 1 N–H and O–H groups in total. The number of benzene rings is 1. The highest BCUT2D eigenvalue weighted by molar-refractivity contribution is 9.10. The molecular formula is C8H5BrN2S3. The van der Waals surface area contributed by atoms with E-state index in [1.54, 1.807) is 4.68 Å². The maximum absolute atomic E-state index is 5.16. The molecular weight excluding hydrogens is 300 g/mol. The van der Waals surface area contributed by atoms with Gasteiger partial charge in [0.1, 0.15) is 0 Å². The first-order valence-corrected chi connectivity index (χ1v) is 6.17. The molecule has 0 amide bonds. The number of rotatable bonds is 1. The van der Waals surface area contributed by atoms with Gasteiger partial charge in [-0.2, -0.15) is 0 Å². The maximum Gasteiger partial charge on any atom is 0.183 e. The molecule has 1 aromatic carbocycles. The summed E-state index contributed by atoms with van der Waals surface area (Å²) in [4.78, 5) is 0. The van der Waals surface area contributed by atoms with Gasteiger partial charge < -0.3 is 0 Å². The number of nitrogens with one attached hydrogen (secondary N) is 1. The van der Waals surface area contributed by atoms with Gasteiger partial charge in [0.2, 0.25) is 0 Å². The van der Waals surface area contributed by atoms with Crippen molar-refractivity contribution in [3.8, 4) is 5.69 Å². The smallest absolute Gasteiger partial charge is 0.183 e. The summed E-state index contributed by atoms with van der Waals surface area (Å²) < 4.78 is 4.27. The van der Waals surface area contributed by atoms with E-state index >= 15 is 0 Å². The summed E-state index contributed by atoms with van der Waals surface area (Å²) in [5.41, 5.74) is 0.991. The molecule has 2 aromatic rings. The molecule has 72 valence electrons. The number of nitrogens with zero attached hydrogens (tertiary/aromatic N) is 1.